The number of carbonyl (C=O) groups excluding carboxylic acids is 5. The number of carbonyl (C=O) groups is 5. The zero-order valence-electron chi connectivity index (χ0n) is 28.5. The van der Waals surface area contributed by atoms with Gasteiger partial charge in [0.05, 0.1) is 13.5 Å². The van der Waals surface area contributed by atoms with Crippen LogP contribution in [0.4, 0.5) is 5.13 Å². The van der Waals surface area contributed by atoms with Gasteiger partial charge in [0.2, 0.25) is 12.2 Å². The van der Waals surface area contributed by atoms with E-state index in [0.29, 0.717) is 47.8 Å². The van der Waals surface area contributed by atoms with Crippen LogP contribution in [0.3, 0.4) is 0 Å². The minimum atomic E-state index is -1.35. The van der Waals surface area contributed by atoms with Crippen molar-refractivity contribution in [3.05, 3.63) is 40.4 Å². The number of nitrogens with one attached hydrogen (secondary N) is 1. The summed E-state index contributed by atoms with van der Waals surface area (Å²) in [5.41, 5.74) is 2.05. The number of ether oxygens (including phenoxy) is 5. The quantitative estimate of drug-likeness (QED) is 0.276. The van der Waals surface area contributed by atoms with Crippen molar-refractivity contribution < 1.29 is 47.7 Å². The predicted molar refractivity (Wildman–Crippen MR) is 177 cm³/mol. The number of rotatable bonds is 9. The normalized spacial score (nSPS) is 31.8. The van der Waals surface area contributed by atoms with Gasteiger partial charge in [-0.1, -0.05) is 13.0 Å². The summed E-state index contributed by atoms with van der Waals surface area (Å²) in [6.45, 7) is 6.52. The Balaban J connectivity index is 1.16. The van der Waals surface area contributed by atoms with Crippen molar-refractivity contribution in [3.63, 3.8) is 0 Å². The van der Waals surface area contributed by atoms with Crippen LogP contribution in [-0.4, -0.2) is 66.3 Å². The third-order valence-electron chi connectivity index (χ3n) is 10.9. The first kappa shape index (κ1) is 35.0. The maximum atomic E-state index is 13.5. The van der Waals surface area contributed by atoms with Crippen molar-refractivity contribution in [1.82, 2.24) is 4.98 Å². The summed E-state index contributed by atoms with van der Waals surface area (Å²) in [5, 5.41) is 3.52. The van der Waals surface area contributed by atoms with Crippen LogP contribution >= 0.6 is 11.3 Å². The molecule has 0 bridgehead atoms. The number of anilines is 1. The van der Waals surface area contributed by atoms with Crippen molar-refractivity contribution >= 4 is 46.1 Å². The lowest BCUT2D eigenvalue weighted by atomic mass is 9.54. The third-order valence-corrected chi connectivity index (χ3v) is 11.7. The molecule has 9 unspecified atom stereocenters. The lowest BCUT2D eigenvalue weighted by Crippen LogP contribution is -2.56. The van der Waals surface area contributed by atoms with Gasteiger partial charge in [0, 0.05) is 43.2 Å². The van der Waals surface area contributed by atoms with Gasteiger partial charge in [0.25, 0.3) is 0 Å². The van der Waals surface area contributed by atoms with E-state index in [2.05, 4.69) is 23.3 Å². The minimum absolute atomic E-state index is 0.0317. The summed E-state index contributed by atoms with van der Waals surface area (Å²) in [4.78, 5) is 67.9. The number of nitrogens with zero attached hydrogens (tertiary/aromatic N) is 1. The third kappa shape index (κ3) is 7.23. The van der Waals surface area contributed by atoms with E-state index in [1.165, 1.54) is 37.9 Å². The van der Waals surface area contributed by atoms with Crippen LogP contribution in [0.1, 0.15) is 87.6 Å². The second-order valence-electron chi connectivity index (χ2n) is 14.0. The van der Waals surface area contributed by atoms with Crippen molar-refractivity contribution in [3.8, 4) is 5.75 Å². The molecule has 6 rings (SSSR count). The number of aryl methyl sites for hydroxylation is 2. The van der Waals surface area contributed by atoms with Crippen LogP contribution in [0.2, 0.25) is 0 Å². The number of thiazole rings is 1. The molecule has 3 fully saturated rings. The van der Waals surface area contributed by atoms with E-state index >= 15 is 0 Å². The van der Waals surface area contributed by atoms with Crippen molar-refractivity contribution in [1.29, 1.82) is 0 Å². The molecule has 3 aliphatic carbocycles. The zero-order valence-corrected chi connectivity index (χ0v) is 29.3. The Bertz CT molecular complexity index is 1620. The first-order valence-corrected chi connectivity index (χ1v) is 17.8. The highest BCUT2D eigenvalue weighted by atomic mass is 32.1. The van der Waals surface area contributed by atoms with Gasteiger partial charge in [-0.05, 0) is 86.0 Å². The van der Waals surface area contributed by atoms with Gasteiger partial charge < -0.3 is 29.0 Å². The first-order chi connectivity index (χ1) is 23.4. The summed E-state index contributed by atoms with van der Waals surface area (Å²) in [7, 11) is 1.19. The molecule has 4 aliphatic rings. The first-order valence-electron chi connectivity index (χ1n) is 17.0. The van der Waals surface area contributed by atoms with Crippen molar-refractivity contribution in [2.24, 2.45) is 23.2 Å². The number of Topliss-reactive ketones (excluding diaryl/α,β-unsaturated/α-hetero) is 1. The number of aromatic nitrogens is 1. The van der Waals surface area contributed by atoms with Crippen LogP contribution in [0, 0.1) is 30.1 Å². The molecule has 12 nitrogen and oxygen atoms in total. The Morgan fingerprint density at radius 2 is 1.90 bits per heavy atom. The molecule has 2 saturated carbocycles. The van der Waals surface area contributed by atoms with Gasteiger partial charge in [-0.3, -0.25) is 19.2 Å². The Morgan fingerprint density at radius 1 is 1.12 bits per heavy atom. The molecule has 0 radical (unpaired) electrons. The monoisotopic (exact) mass is 696 g/mol. The second kappa shape index (κ2) is 14.2. The average molecular weight is 697 g/mol. The Kier molecular flexibility index (Phi) is 10.1. The van der Waals surface area contributed by atoms with Crippen molar-refractivity contribution in [2.45, 2.75) is 110 Å². The fourth-order valence-electron chi connectivity index (χ4n) is 8.87. The maximum Gasteiger partial charge on any atom is 0.339 e. The summed E-state index contributed by atoms with van der Waals surface area (Å²) in [6, 6.07) is 5.97. The molecule has 264 valence electrons. The molecule has 1 saturated heterocycles. The number of amides is 1. The zero-order chi connectivity index (χ0) is 35.0. The molecule has 2 heterocycles. The summed E-state index contributed by atoms with van der Waals surface area (Å²) < 4.78 is 27.8. The highest BCUT2D eigenvalue weighted by molar-refractivity contribution is 7.15. The van der Waals surface area contributed by atoms with Crippen LogP contribution in [0.15, 0.2) is 24.4 Å². The van der Waals surface area contributed by atoms with E-state index in [-0.39, 0.29) is 29.6 Å². The molecular formula is C36H44N2O10S. The van der Waals surface area contributed by atoms with E-state index in [4.69, 9.17) is 23.7 Å². The largest absolute Gasteiger partial charge is 0.467 e. The van der Waals surface area contributed by atoms with E-state index in [0.717, 1.165) is 36.1 Å². The van der Waals surface area contributed by atoms with Crippen molar-refractivity contribution in [2.75, 3.05) is 12.4 Å². The Hall–Kier alpha value is -3.84. The van der Waals surface area contributed by atoms with Crippen LogP contribution in [-0.2, 0) is 49.3 Å². The molecule has 9 atom stereocenters. The molecule has 1 aromatic carbocycles. The summed E-state index contributed by atoms with van der Waals surface area (Å²) >= 11 is 1.45. The maximum absolute atomic E-state index is 13.5. The summed E-state index contributed by atoms with van der Waals surface area (Å²) in [5.74, 6) is -0.233. The van der Waals surface area contributed by atoms with E-state index in [1.54, 1.807) is 6.20 Å². The number of ketones is 1. The highest BCUT2D eigenvalue weighted by Crippen LogP contribution is 2.62. The fourth-order valence-corrected chi connectivity index (χ4v) is 9.55. The summed E-state index contributed by atoms with van der Waals surface area (Å²) in [6.07, 6.45) is 2.31. The molecule has 1 aromatic heterocycles. The van der Waals surface area contributed by atoms with Gasteiger partial charge in [0.1, 0.15) is 17.6 Å². The molecule has 1 N–H and O–H groups in total. The van der Waals surface area contributed by atoms with Crippen LogP contribution < -0.4 is 10.1 Å². The predicted octanol–water partition coefficient (Wildman–Crippen LogP) is 5.05. The molecule has 2 aromatic rings. The lowest BCUT2D eigenvalue weighted by molar-refractivity contribution is -0.241. The molecule has 49 heavy (non-hydrogen) atoms. The molecule has 1 amide bonds. The SMILES string of the molecule is COC(=O)C1OC(Oc2ccc3c(c2)CCC2C3CCC3(C)C(=O)CC(CCC(=O)Nc4ncc(C)s4)C23)CC(OC(C)=O)C1OC(C)=O. The standard InChI is InChI=1S/C36H44N2O10S/c1-18-17-37-35(49-18)38-29(42)11-7-22-15-28(41)36(4)13-12-25-24-10-8-23(14-21(24)6-9-26(25)31(22)36)47-30-16-27(45-19(2)39)32(46-20(3)40)33(48-30)34(43)44-5/h8,10,14,17,22,25-27,30-33H,6-7,9,11-13,15-16H2,1-5H3,(H,37,38,42). The number of methoxy groups -OCH3 is 1. The second-order valence-corrected chi connectivity index (χ2v) is 15.2. The van der Waals surface area contributed by atoms with E-state index < -0.39 is 42.5 Å². The Morgan fingerprint density at radius 3 is 2.59 bits per heavy atom. The fraction of sp³-hybridized carbons (Fsp3) is 0.611. The van der Waals surface area contributed by atoms with Crippen LogP contribution in [0.25, 0.3) is 0 Å². The number of hydrogen-bond acceptors (Lipinski definition) is 12. The molecule has 13 heteroatoms. The minimum Gasteiger partial charge on any atom is -0.467 e. The lowest BCUT2D eigenvalue weighted by Gasteiger charge is -2.50. The smallest absolute Gasteiger partial charge is 0.339 e. The van der Waals surface area contributed by atoms with Crippen LogP contribution in [0.5, 0.6) is 5.75 Å². The van der Waals surface area contributed by atoms with Gasteiger partial charge in [-0.25, -0.2) is 9.78 Å². The number of esters is 3. The number of fused-ring (bicyclic) bond motifs is 5. The van der Waals surface area contributed by atoms with Gasteiger partial charge in [0.15, 0.2) is 17.3 Å². The molecule has 1 aliphatic heterocycles. The van der Waals surface area contributed by atoms with E-state index in [9.17, 15) is 24.0 Å². The van der Waals surface area contributed by atoms with Gasteiger partial charge in [-0.15, -0.1) is 11.3 Å². The number of hydrogen-bond donors (Lipinski definition) is 1. The average Bonchev–Trinajstić information content (AvgIpc) is 3.58. The van der Waals surface area contributed by atoms with Gasteiger partial charge in [-0.2, -0.15) is 0 Å². The number of benzene rings is 1. The topological polar surface area (TPSA) is 156 Å². The molecular weight excluding hydrogens is 652 g/mol. The molecule has 0 spiro atoms. The van der Waals surface area contributed by atoms with E-state index in [1.807, 2.05) is 19.1 Å². The van der Waals surface area contributed by atoms with Gasteiger partial charge >= 0.3 is 17.9 Å². The highest BCUT2D eigenvalue weighted by Gasteiger charge is 2.58. The Labute approximate surface area is 289 Å².